The van der Waals surface area contributed by atoms with Crippen LogP contribution in [0.25, 0.3) is 0 Å². The highest BCUT2D eigenvalue weighted by Gasteiger charge is 2.27. The third-order valence-corrected chi connectivity index (χ3v) is 1.53. The van der Waals surface area contributed by atoms with Crippen LogP contribution in [0.3, 0.4) is 0 Å². The predicted molar refractivity (Wildman–Crippen MR) is 32.1 cm³/mol. The fraction of sp³-hybridized carbons (Fsp3) is 0.571. The zero-order valence-electron chi connectivity index (χ0n) is 5.35. The second-order valence-corrected chi connectivity index (χ2v) is 2.53. The minimum atomic E-state index is 0.645. The minimum Gasteiger partial charge on any atom is -0.360 e. The smallest absolute Gasteiger partial charge is 0.148 e. The topological polar surface area (TPSA) is 26.0 Å². The Balaban J connectivity index is 2.28. The Bertz CT molecular complexity index is 212. The van der Waals surface area contributed by atoms with E-state index < -0.39 is 0 Å². The molecule has 1 fully saturated rings. The molecule has 1 heterocycles. The molecule has 2 nitrogen and oxygen atoms in total. The highest BCUT2D eigenvalue weighted by molar-refractivity contribution is 5.11. The number of hydrogen-bond acceptors (Lipinski definition) is 2. The summed E-state index contributed by atoms with van der Waals surface area (Å²) in [4.78, 5) is 0. The minimum absolute atomic E-state index is 0.645. The first-order valence-corrected chi connectivity index (χ1v) is 3.22. The van der Waals surface area contributed by atoms with Crippen molar-refractivity contribution in [2.45, 2.75) is 25.7 Å². The van der Waals surface area contributed by atoms with Crippen LogP contribution in [-0.4, -0.2) is 5.16 Å². The molecule has 2 heteroatoms. The normalized spacial score (nSPS) is 18.3. The van der Waals surface area contributed by atoms with Crippen molar-refractivity contribution in [1.82, 2.24) is 5.16 Å². The van der Waals surface area contributed by atoms with E-state index >= 15 is 0 Å². The number of aryl methyl sites for hydroxylation is 1. The van der Waals surface area contributed by atoms with Gasteiger partial charge in [0.05, 0.1) is 11.8 Å². The van der Waals surface area contributed by atoms with Gasteiger partial charge < -0.3 is 4.52 Å². The molecule has 2 rings (SSSR count). The lowest BCUT2D eigenvalue weighted by Gasteiger charge is -1.79. The molecule has 9 heavy (non-hydrogen) atoms. The number of aromatic nitrogens is 1. The van der Waals surface area contributed by atoms with Gasteiger partial charge in [-0.2, -0.15) is 0 Å². The van der Waals surface area contributed by atoms with E-state index in [0.29, 0.717) is 5.92 Å². The van der Waals surface area contributed by atoms with Gasteiger partial charge in [-0.25, -0.2) is 0 Å². The zero-order chi connectivity index (χ0) is 6.27. The van der Waals surface area contributed by atoms with Crippen LogP contribution in [0.1, 0.15) is 30.2 Å². The average Bonchev–Trinajstić information content (AvgIpc) is 2.58. The summed E-state index contributed by atoms with van der Waals surface area (Å²) in [5, 5.41) is 3.75. The molecular weight excluding hydrogens is 114 g/mol. The molecule has 1 aliphatic carbocycles. The summed E-state index contributed by atoms with van der Waals surface area (Å²) in [6.45, 7) is 1.90. The summed E-state index contributed by atoms with van der Waals surface area (Å²) < 4.78 is 4.98. The molecule has 1 aromatic heterocycles. The van der Waals surface area contributed by atoms with Crippen LogP contribution < -0.4 is 0 Å². The van der Waals surface area contributed by atoms with Crippen molar-refractivity contribution in [3.8, 4) is 0 Å². The molecule has 0 amide bonds. The van der Waals surface area contributed by atoms with Crippen LogP contribution in [-0.2, 0) is 0 Å². The Morgan fingerprint density at radius 3 is 2.89 bits per heavy atom. The van der Waals surface area contributed by atoms with E-state index in [1.165, 1.54) is 12.8 Å². The lowest BCUT2D eigenvalue weighted by molar-refractivity contribution is 0.380. The highest BCUT2D eigenvalue weighted by atomic mass is 16.5. The van der Waals surface area contributed by atoms with Gasteiger partial charge in [0.2, 0.25) is 0 Å². The molecule has 0 aromatic carbocycles. The summed E-state index contributed by atoms with van der Waals surface area (Å²) in [5.74, 6) is 1.60. The van der Waals surface area contributed by atoms with Crippen molar-refractivity contribution in [1.29, 1.82) is 0 Å². The van der Waals surface area contributed by atoms with Crippen molar-refractivity contribution in [2.75, 3.05) is 0 Å². The lowest BCUT2D eigenvalue weighted by Crippen LogP contribution is -1.68. The lowest BCUT2D eigenvalue weighted by atomic mass is 10.3. The molecule has 0 saturated heterocycles. The van der Waals surface area contributed by atoms with Crippen molar-refractivity contribution in [3.05, 3.63) is 17.5 Å². The van der Waals surface area contributed by atoms with Gasteiger partial charge in [0.1, 0.15) is 5.76 Å². The third-order valence-electron chi connectivity index (χ3n) is 1.53. The van der Waals surface area contributed by atoms with Crippen LogP contribution in [0.5, 0.6) is 0 Å². The van der Waals surface area contributed by atoms with Gasteiger partial charge in [-0.05, 0) is 19.8 Å². The molecule has 1 radical (unpaired) electrons. The average molecular weight is 122 g/mol. The van der Waals surface area contributed by atoms with Crippen molar-refractivity contribution in [2.24, 2.45) is 0 Å². The van der Waals surface area contributed by atoms with Crippen LogP contribution >= 0.6 is 0 Å². The Morgan fingerprint density at radius 2 is 2.44 bits per heavy atom. The molecular formula is C7H8NO. The van der Waals surface area contributed by atoms with E-state index in [0.717, 1.165) is 11.5 Å². The van der Waals surface area contributed by atoms with E-state index in [4.69, 9.17) is 4.52 Å². The fourth-order valence-electron chi connectivity index (χ4n) is 0.864. The van der Waals surface area contributed by atoms with Crippen molar-refractivity contribution >= 4 is 0 Å². The first-order valence-electron chi connectivity index (χ1n) is 3.22. The fourth-order valence-corrected chi connectivity index (χ4v) is 0.864. The van der Waals surface area contributed by atoms with Gasteiger partial charge in [0, 0.05) is 5.92 Å². The number of nitrogens with zero attached hydrogens (tertiary/aromatic N) is 1. The van der Waals surface area contributed by atoms with E-state index in [1.54, 1.807) is 0 Å². The zero-order valence-corrected chi connectivity index (χ0v) is 5.35. The maximum absolute atomic E-state index is 4.98. The van der Waals surface area contributed by atoms with Gasteiger partial charge in [0.15, 0.2) is 0 Å². The molecule has 47 valence electrons. The van der Waals surface area contributed by atoms with Crippen molar-refractivity contribution < 1.29 is 4.52 Å². The molecule has 1 aliphatic rings. The Hall–Kier alpha value is -0.790. The van der Waals surface area contributed by atoms with Crippen LogP contribution in [0.15, 0.2) is 4.52 Å². The third kappa shape index (κ3) is 0.846. The van der Waals surface area contributed by atoms with Gasteiger partial charge in [0.25, 0.3) is 0 Å². The van der Waals surface area contributed by atoms with E-state index in [-0.39, 0.29) is 0 Å². The van der Waals surface area contributed by atoms with Gasteiger partial charge in [-0.1, -0.05) is 5.16 Å². The molecule has 0 aliphatic heterocycles. The monoisotopic (exact) mass is 122 g/mol. The molecule has 0 N–H and O–H groups in total. The maximum Gasteiger partial charge on any atom is 0.148 e. The molecule has 1 saturated carbocycles. The second kappa shape index (κ2) is 1.59. The molecule has 1 aromatic rings. The quantitative estimate of drug-likeness (QED) is 0.566. The Kier molecular flexibility index (Phi) is 0.891. The van der Waals surface area contributed by atoms with E-state index in [9.17, 15) is 0 Å². The summed E-state index contributed by atoms with van der Waals surface area (Å²) in [5.41, 5.74) is 0.872. The summed E-state index contributed by atoms with van der Waals surface area (Å²) in [6, 6.07) is 3.06. The highest BCUT2D eigenvalue weighted by Crippen LogP contribution is 2.39. The molecule has 0 unspecified atom stereocenters. The van der Waals surface area contributed by atoms with E-state index in [1.807, 2.05) is 6.92 Å². The second-order valence-electron chi connectivity index (χ2n) is 2.53. The first-order chi connectivity index (χ1) is 4.36. The van der Waals surface area contributed by atoms with Crippen LogP contribution in [0.2, 0.25) is 0 Å². The maximum atomic E-state index is 4.98. The Morgan fingerprint density at radius 1 is 1.67 bits per heavy atom. The van der Waals surface area contributed by atoms with Gasteiger partial charge >= 0.3 is 0 Å². The number of hydrogen-bond donors (Lipinski definition) is 0. The van der Waals surface area contributed by atoms with Crippen LogP contribution in [0.4, 0.5) is 0 Å². The first kappa shape index (κ1) is 5.03. The summed E-state index contributed by atoms with van der Waals surface area (Å²) in [7, 11) is 0. The molecule has 0 bridgehead atoms. The van der Waals surface area contributed by atoms with Gasteiger partial charge in [-0.3, -0.25) is 0 Å². The SMILES string of the molecule is Cc1[c]c(C2CC2)on1. The van der Waals surface area contributed by atoms with Gasteiger partial charge in [-0.15, -0.1) is 0 Å². The largest absolute Gasteiger partial charge is 0.360 e. The van der Waals surface area contributed by atoms with Crippen molar-refractivity contribution in [3.63, 3.8) is 0 Å². The number of rotatable bonds is 1. The Labute approximate surface area is 53.9 Å². The standard InChI is InChI=1S/C7H8NO/c1-5-4-7(9-8-5)6-2-3-6/h6H,2-3H2,1H3. The molecule has 0 spiro atoms. The summed E-state index contributed by atoms with van der Waals surface area (Å²) in [6.07, 6.45) is 2.51. The van der Waals surface area contributed by atoms with E-state index in [2.05, 4.69) is 11.2 Å². The summed E-state index contributed by atoms with van der Waals surface area (Å²) >= 11 is 0. The molecule has 0 atom stereocenters. The van der Waals surface area contributed by atoms with Crippen LogP contribution in [0, 0.1) is 13.0 Å². The predicted octanol–water partition coefficient (Wildman–Crippen LogP) is 1.66.